The van der Waals surface area contributed by atoms with Gasteiger partial charge in [0.25, 0.3) is 0 Å². The first-order valence-corrected chi connectivity index (χ1v) is 3.66. The van der Waals surface area contributed by atoms with E-state index in [2.05, 4.69) is 0 Å². The highest BCUT2D eigenvalue weighted by molar-refractivity contribution is 5.62. The van der Waals surface area contributed by atoms with Gasteiger partial charge in [0.1, 0.15) is 0 Å². The molecule has 0 radical (unpaired) electrons. The van der Waals surface area contributed by atoms with Crippen molar-refractivity contribution in [3.8, 4) is 11.1 Å². The molecule has 2 aromatic rings. The zero-order chi connectivity index (χ0) is 12.6. The SMILES string of the molecule is [3H]c1c([3H])c([3H])c(-c2ccccc2)c([3H])c1[3H]. The Morgan fingerprint density at radius 2 is 1.42 bits per heavy atom. The molecule has 0 N–H and O–H groups in total. The van der Waals surface area contributed by atoms with Crippen molar-refractivity contribution in [1.82, 2.24) is 0 Å². The van der Waals surface area contributed by atoms with Crippen molar-refractivity contribution in [3.63, 3.8) is 0 Å². The van der Waals surface area contributed by atoms with Gasteiger partial charge >= 0.3 is 0 Å². The van der Waals surface area contributed by atoms with Crippen molar-refractivity contribution >= 4 is 0 Å². The molecule has 0 saturated heterocycles. The molecule has 0 nitrogen and oxygen atoms in total. The van der Waals surface area contributed by atoms with Gasteiger partial charge in [-0.2, -0.15) is 0 Å². The first kappa shape index (κ1) is 3.44. The van der Waals surface area contributed by atoms with Gasteiger partial charge in [0.05, 0.1) is 6.85 Å². The number of hydrogen-bond donors (Lipinski definition) is 0. The molecule has 0 aliphatic rings. The van der Waals surface area contributed by atoms with Crippen LogP contribution in [-0.2, 0) is 0 Å². The molecule has 0 heterocycles. The van der Waals surface area contributed by atoms with Crippen LogP contribution in [0.15, 0.2) is 60.5 Å². The number of hydrogen-bond acceptors (Lipinski definition) is 0. The summed E-state index contributed by atoms with van der Waals surface area (Å²) < 4.78 is 38.3. The lowest BCUT2D eigenvalue weighted by atomic mass is 10.1. The lowest BCUT2D eigenvalue weighted by Gasteiger charge is -1.98. The third kappa shape index (κ3) is 1.37. The monoisotopic (exact) mass is 164 g/mol. The first-order chi connectivity index (χ1) is 8.04. The summed E-state index contributed by atoms with van der Waals surface area (Å²) in [5, 5.41) is 0. The van der Waals surface area contributed by atoms with E-state index in [9.17, 15) is 0 Å². The minimum absolute atomic E-state index is 0.165. The summed E-state index contributed by atoms with van der Waals surface area (Å²) in [6.07, 6.45) is 0. The van der Waals surface area contributed by atoms with Gasteiger partial charge in [-0.1, -0.05) is 60.5 Å². The van der Waals surface area contributed by atoms with Crippen molar-refractivity contribution in [2.45, 2.75) is 0 Å². The van der Waals surface area contributed by atoms with Gasteiger partial charge in [-0.3, -0.25) is 0 Å². The summed E-state index contributed by atoms with van der Waals surface area (Å²) in [4.78, 5) is 0. The summed E-state index contributed by atoms with van der Waals surface area (Å²) in [5.41, 5.74) is 0.876. The van der Waals surface area contributed by atoms with Crippen LogP contribution >= 0.6 is 0 Å². The first-order valence-electron chi connectivity index (χ1n) is 6.16. The van der Waals surface area contributed by atoms with Gasteiger partial charge in [-0.25, -0.2) is 0 Å². The minimum atomic E-state index is -0.361. The Kier molecular flexibility index (Phi) is 0.925. The molecule has 0 saturated carbocycles. The highest BCUT2D eigenvalue weighted by Crippen LogP contribution is 2.17. The fourth-order valence-electron chi connectivity index (χ4n) is 0.999. The van der Waals surface area contributed by atoms with E-state index in [4.69, 9.17) is 6.85 Å². The van der Waals surface area contributed by atoms with E-state index in [1.54, 1.807) is 24.3 Å². The van der Waals surface area contributed by atoms with E-state index in [0.29, 0.717) is 5.56 Å². The van der Waals surface area contributed by atoms with Crippen LogP contribution in [0.25, 0.3) is 11.1 Å². The molecule has 0 unspecified atom stereocenters. The van der Waals surface area contributed by atoms with E-state index in [1.165, 1.54) is 0 Å². The molecule has 0 bridgehead atoms. The third-order valence-corrected chi connectivity index (χ3v) is 1.56. The zero-order valence-corrected chi connectivity index (χ0v) is 6.39. The molecule has 0 atom stereocenters. The van der Waals surface area contributed by atoms with Gasteiger partial charge in [-0.15, -0.1) is 0 Å². The van der Waals surface area contributed by atoms with Crippen molar-refractivity contribution in [2.24, 2.45) is 0 Å². The molecule has 0 heteroatoms. The normalized spacial score (nSPS) is 15.5. The third-order valence-electron chi connectivity index (χ3n) is 1.56. The van der Waals surface area contributed by atoms with E-state index in [1.807, 2.05) is 6.07 Å². The molecule has 0 aromatic heterocycles. The predicted octanol–water partition coefficient (Wildman–Crippen LogP) is 3.35. The molecule has 2 aromatic carbocycles. The molecule has 0 amide bonds. The maximum Gasteiger partial charge on any atom is 0.0629 e. The Balaban J connectivity index is 2.80. The molecule has 58 valence electrons. The van der Waals surface area contributed by atoms with Gasteiger partial charge in [-0.05, 0) is 11.1 Å². The quantitative estimate of drug-likeness (QED) is 0.606. The highest BCUT2D eigenvalue weighted by atomic mass is 14.0. The van der Waals surface area contributed by atoms with E-state index < -0.39 is 0 Å². The Bertz CT molecular complexity index is 534. The summed E-state index contributed by atoms with van der Waals surface area (Å²) in [5.74, 6) is 0. The molecular weight excluding hydrogens is 144 g/mol. The van der Waals surface area contributed by atoms with E-state index in [-0.39, 0.29) is 35.8 Å². The lowest BCUT2D eigenvalue weighted by molar-refractivity contribution is 1.62. The second-order valence-electron chi connectivity index (χ2n) is 2.37. The van der Waals surface area contributed by atoms with E-state index in [0.717, 1.165) is 0 Å². The largest absolute Gasteiger partial charge is 0.0629 e. The predicted molar refractivity (Wildman–Crippen MR) is 51.9 cm³/mol. The summed E-state index contributed by atoms with van der Waals surface area (Å²) in [6, 6.07) is 7.53. The minimum Gasteiger partial charge on any atom is -0.0622 e. The van der Waals surface area contributed by atoms with Crippen molar-refractivity contribution in [1.29, 1.82) is 0 Å². The van der Waals surface area contributed by atoms with Crippen molar-refractivity contribution < 1.29 is 6.85 Å². The number of benzene rings is 2. The van der Waals surface area contributed by atoms with Crippen LogP contribution in [0, 0.1) is 0 Å². The zero-order valence-electron chi connectivity index (χ0n) is 11.4. The van der Waals surface area contributed by atoms with Crippen molar-refractivity contribution in [2.75, 3.05) is 0 Å². The van der Waals surface area contributed by atoms with Gasteiger partial charge in [0.2, 0.25) is 0 Å². The fraction of sp³-hybridized carbons (Fsp3) is 0. The number of rotatable bonds is 1. The second-order valence-corrected chi connectivity index (χ2v) is 2.37. The molecular formula is C12H10. The van der Waals surface area contributed by atoms with Crippen LogP contribution in [0.2, 0.25) is 0 Å². The topological polar surface area (TPSA) is 0 Å². The fourth-order valence-corrected chi connectivity index (χ4v) is 0.999. The average Bonchev–Trinajstić information content (AvgIpc) is 2.36. The maximum absolute atomic E-state index is 7.80. The average molecular weight is 164 g/mol. The lowest BCUT2D eigenvalue weighted by Crippen LogP contribution is -1.73. The molecule has 2 rings (SSSR count). The summed E-state index contributed by atoms with van der Waals surface area (Å²) in [6.45, 7) is 0. The van der Waals surface area contributed by atoms with Crippen LogP contribution in [0.5, 0.6) is 0 Å². The second kappa shape index (κ2) is 3.22. The highest BCUT2D eigenvalue weighted by Gasteiger charge is 1.91. The Labute approximate surface area is 79.5 Å². The summed E-state index contributed by atoms with van der Waals surface area (Å²) in [7, 11) is 0. The summed E-state index contributed by atoms with van der Waals surface area (Å²) >= 11 is 0. The van der Waals surface area contributed by atoms with E-state index >= 15 is 0 Å². The van der Waals surface area contributed by atoms with Crippen LogP contribution in [-0.4, -0.2) is 0 Å². The Hall–Kier alpha value is -1.56. The molecule has 0 aliphatic carbocycles. The molecule has 12 heavy (non-hydrogen) atoms. The molecule has 0 aliphatic heterocycles. The van der Waals surface area contributed by atoms with Crippen LogP contribution in [0.3, 0.4) is 0 Å². The maximum atomic E-state index is 7.80. The Morgan fingerprint density at radius 3 is 2.08 bits per heavy atom. The van der Waals surface area contributed by atoms with Crippen LogP contribution < -0.4 is 0 Å². The Morgan fingerprint density at radius 1 is 0.750 bits per heavy atom. The van der Waals surface area contributed by atoms with Gasteiger partial charge in [0.15, 0.2) is 0 Å². The van der Waals surface area contributed by atoms with Crippen LogP contribution in [0.4, 0.5) is 0 Å². The van der Waals surface area contributed by atoms with Crippen LogP contribution in [0.1, 0.15) is 6.85 Å². The molecule has 0 spiro atoms. The van der Waals surface area contributed by atoms with Crippen molar-refractivity contribution in [3.05, 3.63) is 60.5 Å². The van der Waals surface area contributed by atoms with Gasteiger partial charge < -0.3 is 0 Å². The molecule has 0 fully saturated rings. The standard InChI is InChI=1S/C12H10/c1-3-7-11(8-4-1)12-9-5-2-6-10-12/h1-10H/i1T,3T,4T,7T,8T. The van der Waals surface area contributed by atoms with Gasteiger partial charge in [0, 0.05) is 0 Å². The smallest absolute Gasteiger partial charge is 0.0622 e.